The first-order valence-electron chi connectivity index (χ1n) is 7.16. The molecule has 2 aromatic carbocycles. The smallest absolute Gasteiger partial charge is 0.322 e. The predicted octanol–water partition coefficient (Wildman–Crippen LogP) is 4.42. The highest BCUT2D eigenvalue weighted by molar-refractivity contribution is 9.10. The van der Waals surface area contributed by atoms with E-state index in [0.717, 1.165) is 27.7 Å². The summed E-state index contributed by atoms with van der Waals surface area (Å²) < 4.78 is 14.2. The van der Waals surface area contributed by atoms with Gasteiger partial charge in [-0.3, -0.25) is 4.90 Å². The number of nitrogens with one attached hydrogen (secondary N) is 1. The first kappa shape index (κ1) is 15.0. The predicted molar refractivity (Wildman–Crippen MR) is 88.5 cm³/mol. The van der Waals surface area contributed by atoms with E-state index in [-0.39, 0.29) is 17.9 Å². The molecule has 1 atom stereocenters. The number of anilines is 1. The minimum atomic E-state index is -0.297. The molecule has 0 spiro atoms. The van der Waals surface area contributed by atoms with Crippen molar-refractivity contribution in [1.29, 1.82) is 0 Å². The number of amides is 2. The Balaban J connectivity index is 1.75. The number of nitrogens with zero attached hydrogens (tertiary/aromatic N) is 1. The third-order valence-electron chi connectivity index (χ3n) is 3.88. The molecule has 1 aliphatic rings. The molecule has 5 heteroatoms. The van der Waals surface area contributed by atoms with Crippen LogP contribution in [0.1, 0.15) is 24.1 Å². The number of hydrogen-bond donors (Lipinski definition) is 1. The molecule has 2 amide bonds. The summed E-state index contributed by atoms with van der Waals surface area (Å²) in [5.74, 6) is -0.297. The van der Waals surface area contributed by atoms with Crippen LogP contribution in [0.25, 0.3) is 0 Å². The lowest BCUT2D eigenvalue weighted by Gasteiger charge is -2.22. The minimum Gasteiger partial charge on any atom is -0.331 e. The molecule has 0 saturated heterocycles. The van der Waals surface area contributed by atoms with Crippen LogP contribution in [0.3, 0.4) is 0 Å². The van der Waals surface area contributed by atoms with Gasteiger partial charge >= 0.3 is 6.03 Å². The average molecular weight is 363 g/mol. The molecule has 3 nitrogen and oxygen atoms in total. The van der Waals surface area contributed by atoms with E-state index in [9.17, 15) is 9.18 Å². The Bertz CT molecular complexity index is 720. The molecule has 0 unspecified atom stereocenters. The third kappa shape index (κ3) is 2.99. The quantitative estimate of drug-likeness (QED) is 0.842. The normalized spacial score (nSPS) is 14.6. The number of halogens is 2. The molecule has 3 rings (SSSR count). The largest absolute Gasteiger partial charge is 0.331 e. The van der Waals surface area contributed by atoms with Gasteiger partial charge in [0.15, 0.2) is 0 Å². The molecule has 2 aromatic rings. The Morgan fingerprint density at radius 2 is 2.14 bits per heavy atom. The lowest BCUT2D eigenvalue weighted by Crippen LogP contribution is -2.40. The molecule has 0 saturated carbocycles. The van der Waals surface area contributed by atoms with Gasteiger partial charge in [-0.05, 0) is 48.7 Å². The van der Waals surface area contributed by atoms with Crippen LogP contribution in [0.15, 0.2) is 46.9 Å². The number of fused-ring (bicyclic) bond motifs is 1. The van der Waals surface area contributed by atoms with Crippen LogP contribution in [0.4, 0.5) is 14.9 Å². The first-order valence-corrected chi connectivity index (χ1v) is 7.96. The van der Waals surface area contributed by atoms with E-state index in [1.807, 2.05) is 31.2 Å². The lowest BCUT2D eigenvalue weighted by atomic mass is 10.1. The van der Waals surface area contributed by atoms with E-state index < -0.39 is 0 Å². The van der Waals surface area contributed by atoms with Gasteiger partial charge in [0.25, 0.3) is 0 Å². The van der Waals surface area contributed by atoms with E-state index in [1.165, 1.54) is 12.1 Å². The summed E-state index contributed by atoms with van der Waals surface area (Å²) in [5, 5.41) is 2.93. The Morgan fingerprint density at radius 1 is 1.32 bits per heavy atom. The van der Waals surface area contributed by atoms with E-state index in [2.05, 4.69) is 21.2 Å². The molecule has 1 heterocycles. The SMILES string of the molecule is C[C@H](NC(=O)N1CCc2ccc(Br)cc21)c1cccc(F)c1. The van der Waals surface area contributed by atoms with Gasteiger partial charge in [-0.2, -0.15) is 0 Å². The van der Waals surface area contributed by atoms with Crippen LogP contribution in [0.5, 0.6) is 0 Å². The minimum absolute atomic E-state index is 0.159. The van der Waals surface area contributed by atoms with Crippen molar-refractivity contribution in [3.63, 3.8) is 0 Å². The summed E-state index contributed by atoms with van der Waals surface area (Å²) in [7, 11) is 0. The number of hydrogen-bond acceptors (Lipinski definition) is 1. The molecule has 0 radical (unpaired) electrons. The van der Waals surface area contributed by atoms with Gasteiger partial charge in [0.1, 0.15) is 5.82 Å². The second-order valence-corrected chi connectivity index (χ2v) is 6.32. The Morgan fingerprint density at radius 3 is 2.91 bits per heavy atom. The fourth-order valence-electron chi connectivity index (χ4n) is 2.69. The number of rotatable bonds is 2. The summed E-state index contributed by atoms with van der Waals surface area (Å²) in [6, 6.07) is 11.9. The van der Waals surface area contributed by atoms with Crippen LogP contribution in [-0.2, 0) is 6.42 Å². The van der Waals surface area contributed by atoms with Gasteiger partial charge in [-0.15, -0.1) is 0 Å². The Kier molecular flexibility index (Phi) is 4.16. The summed E-state index contributed by atoms with van der Waals surface area (Å²) >= 11 is 3.44. The van der Waals surface area contributed by atoms with Gasteiger partial charge in [0, 0.05) is 16.7 Å². The average Bonchev–Trinajstić information content (AvgIpc) is 2.90. The molecular weight excluding hydrogens is 347 g/mol. The summed E-state index contributed by atoms with van der Waals surface area (Å²) in [6.07, 6.45) is 0.852. The molecule has 0 fully saturated rings. The second-order valence-electron chi connectivity index (χ2n) is 5.40. The van der Waals surface area contributed by atoms with Crippen molar-refractivity contribution >= 4 is 27.6 Å². The fraction of sp³-hybridized carbons (Fsp3) is 0.235. The second kappa shape index (κ2) is 6.08. The summed E-state index contributed by atoms with van der Waals surface area (Å²) in [5.41, 5.74) is 2.84. The van der Waals surface area contributed by atoms with Crippen molar-refractivity contribution in [2.45, 2.75) is 19.4 Å². The molecule has 114 valence electrons. The molecule has 22 heavy (non-hydrogen) atoms. The topological polar surface area (TPSA) is 32.3 Å². The lowest BCUT2D eigenvalue weighted by molar-refractivity contribution is 0.244. The zero-order chi connectivity index (χ0) is 15.7. The van der Waals surface area contributed by atoms with Crippen LogP contribution >= 0.6 is 15.9 Å². The van der Waals surface area contributed by atoms with Gasteiger partial charge in [0.05, 0.1) is 6.04 Å². The highest BCUT2D eigenvalue weighted by Crippen LogP contribution is 2.31. The van der Waals surface area contributed by atoms with Gasteiger partial charge < -0.3 is 5.32 Å². The van der Waals surface area contributed by atoms with E-state index in [4.69, 9.17) is 0 Å². The van der Waals surface area contributed by atoms with Crippen LogP contribution in [0, 0.1) is 5.82 Å². The Labute approximate surface area is 137 Å². The maximum Gasteiger partial charge on any atom is 0.322 e. The molecular formula is C17H16BrFN2O. The highest BCUT2D eigenvalue weighted by atomic mass is 79.9. The molecule has 0 aliphatic carbocycles. The van der Waals surface area contributed by atoms with Crippen molar-refractivity contribution in [3.8, 4) is 0 Å². The summed E-state index contributed by atoms with van der Waals surface area (Å²) in [4.78, 5) is 14.2. The van der Waals surface area contributed by atoms with Crippen LogP contribution < -0.4 is 10.2 Å². The van der Waals surface area contributed by atoms with Crippen molar-refractivity contribution in [1.82, 2.24) is 5.32 Å². The fourth-order valence-corrected chi connectivity index (χ4v) is 3.03. The molecule has 0 aromatic heterocycles. The van der Waals surface area contributed by atoms with Gasteiger partial charge in [0.2, 0.25) is 0 Å². The van der Waals surface area contributed by atoms with Gasteiger partial charge in [-0.1, -0.05) is 34.1 Å². The number of carbonyl (C=O) groups excluding carboxylic acids is 1. The monoisotopic (exact) mass is 362 g/mol. The number of benzene rings is 2. The molecule has 0 bridgehead atoms. The van der Waals surface area contributed by atoms with Crippen LogP contribution in [-0.4, -0.2) is 12.6 Å². The number of urea groups is 1. The van der Waals surface area contributed by atoms with Crippen LogP contribution in [0.2, 0.25) is 0 Å². The first-order chi connectivity index (χ1) is 10.5. The summed E-state index contributed by atoms with van der Waals surface area (Å²) in [6.45, 7) is 2.51. The Hall–Kier alpha value is -1.88. The van der Waals surface area contributed by atoms with Gasteiger partial charge in [-0.25, -0.2) is 9.18 Å². The van der Waals surface area contributed by atoms with E-state index >= 15 is 0 Å². The maximum absolute atomic E-state index is 13.3. The van der Waals surface area contributed by atoms with Crippen molar-refractivity contribution < 1.29 is 9.18 Å². The maximum atomic E-state index is 13.3. The zero-order valence-electron chi connectivity index (χ0n) is 12.1. The highest BCUT2D eigenvalue weighted by Gasteiger charge is 2.25. The van der Waals surface area contributed by atoms with E-state index in [1.54, 1.807) is 11.0 Å². The van der Waals surface area contributed by atoms with Crippen molar-refractivity contribution in [2.24, 2.45) is 0 Å². The van der Waals surface area contributed by atoms with Crippen molar-refractivity contribution in [2.75, 3.05) is 11.4 Å². The number of carbonyl (C=O) groups is 1. The zero-order valence-corrected chi connectivity index (χ0v) is 13.7. The van der Waals surface area contributed by atoms with Crippen molar-refractivity contribution in [3.05, 3.63) is 63.9 Å². The third-order valence-corrected chi connectivity index (χ3v) is 4.37. The molecule has 1 aliphatic heterocycles. The van der Waals surface area contributed by atoms with E-state index in [0.29, 0.717) is 6.54 Å². The standard InChI is InChI=1S/C17H16BrFN2O/c1-11(13-3-2-4-15(19)9-13)20-17(22)21-8-7-12-5-6-14(18)10-16(12)21/h2-6,9-11H,7-8H2,1H3,(H,20,22)/t11-/m0/s1. The molecule has 1 N–H and O–H groups in total.